The van der Waals surface area contributed by atoms with Gasteiger partial charge in [-0.05, 0) is 37.3 Å². The minimum atomic E-state index is 0.370. The molecule has 1 aromatic carbocycles. The average molecular weight is 276 g/mol. The van der Waals surface area contributed by atoms with Crippen molar-refractivity contribution < 1.29 is 9.47 Å². The van der Waals surface area contributed by atoms with Gasteiger partial charge in [0.25, 0.3) is 5.17 Å². The quantitative estimate of drug-likeness (QED) is 0.788. The van der Waals surface area contributed by atoms with Gasteiger partial charge in [-0.1, -0.05) is 6.07 Å². The molecule has 0 amide bonds. The Morgan fingerprint density at radius 2 is 1.89 bits per heavy atom. The molecule has 0 unspecified atom stereocenters. The number of rotatable bonds is 2. The zero-order valence-electron chi connectivity index (χ0n) is 11.4. The Balaban J connectivity index is 2.60. The van der Waals surface area contributed by atoms with Crippen LogP contribution in [0.15, 0.2) is 24.3 Å². The third-order valence-corrected chi connectivity index (χ3v) is 3.14. The number of fused-ring (bicyclic) bond motifs is 1. The molecule has 0 saturated carbocycles. The molecule has 0 bridgehead atoms. The molecule has 2 aromatic rings. The molecule has 4 nitrogen and oxygen atoms in total. The summed E-state index contributed by atoms with van der Waals surface area (Å²) in [5, 5.41) is 1.36. The second-order valence-corrected chi connectivity index (χ2v) is 4.73. The van der Waals surface area contributed by atoms with Crippen LogP contribution in [0.1, 0.15) is 5.69 Å². The number of hydrogen-bond donors (Lipinski definition) is 0. The monoisotopic (exact) mass is 276 g/mol. The molecule has 100 valence electrons. The van der Waals surface area contributed by atoms with Gasteiger partial charge >= 0.3 is 0 Å². The van der Waals surface area contributed by atoms with Crippen molar-refractivity contribution >= 4 is 28.3 Å². The lowest BCUT2D eigenvalue weighted by Gasteiger charge is -2.17. The smallest absolute Gasteiger partial charge is 0.264 e. The van der Waals surface area contributed by atoms with Gasteiger partial charge in [0.05, 0.1) is 7.11 Å². The SMILES string of the molecule is COc1ccc2ccc(C)nc2c1OC(=S)N(C)C. The van der Waals surface area contributed by atoms with Crippen LogP contribution in [-0.2, 0) is 0 Å². The van der Waals surface area contributed by atoms with Crippen molar-refractivity contribution in [3.05, 3.63) is 30.0 Å². The van der Waals surface area contributed by atoms with E-state index >= 15 is 0 Å². The third-order valence-electron chi connectivity index (χ3n) is 2.69. The standard InChI is InChI=1S/C14H16N2O2S/c1-9-5-6-10-7-8-11(17-4)13(12(10)15-9)18-14(19)16(2)3/h5-8H,1-4H3. The van der Waals surface area contributed by atoms with E-state index in [0.717, 1.165) is 16.6 Å². The minimum Gasteiger partial charge on any atom is -0.493 e. The molecule has 5 heteroatoms. The van der Waals surface area contributed by atoms with Gasteiger partial charge in [-0.25, -0.2) is 4.98 Å². The second-order valence-electron chi connectivity index (χ2n) is 4.38. The highest BCUT2D eigenvalue weighted by Gasteiger charge is 2.14. The van der Waals surface area contributed by atoms with Gasteiger partial charge in [0.15, 0.2) is 11.5 Å². The Bertz CT molecular complexity index is 626. The highest BCUT2D eigenvalue weighted by molar-refractivity contribution is 7.80. The Kier molecular flexibility index (Phi) is 3.85. The predicted octanol–water partition coefficient (Wildman–Crippen LogP) is 2.78. The molecule has 0 N–H and O–H groups in total. The molecule has 0 atom stereocenters. The molecule has 19 heavy (non-hydrogen) atoms. The first kappa shape index (κ1) is 13.5. The normalized spacial score (nSPS) is 10.3. The van der Waals surface area contributed by atoms with Crippen LogP contribution in [0.5, 0.6) is 11.5 Å². The molecule has 0 aliphatic carbocycles. The van der Waals surface area contributed by atoms with Crippen molar-refractivity contribution in [2.75, 3.05) is 21.2 Å². The van der Waals surface area contributed by atoms with Crippen LogP contribution in [0.3, 0.4) is 0 Å². The summed E-state index contributed by atoms with van der Waals surface area (Å²) in [6.45, 7) is 1.94. The molecule has 0 fully saturated rings. The van der Waals surface area contributed by atoms with Crippen molar-refractivity contribution in [3.8, 4) is 11.5 Å². The van der Waals surface area contributed by atoms with Crippen molar-refractivity contribution in [1.29, 1.82) is 0 Å². The van der Waals surface area contributed by atoms with Gasteiger partial charge in [-0.15, -0.1) is 0 Å². The lowest BCUT2D eigenvalue weighted by molar-refractivity contribution is 0.380. The summed E-state index contributed by atoms with van der Waals surface area (Å²) in [4.78, 5) is 6.24. The number of pyridine rings is 1. The zero-order valence-corrected chi connectivity index (χ0v) is 12.2. The highest BCUT2D eigenvalue weighted by atomic mass is 32.1. The Hall–Kier alpha value is -1.88. The summed E-state index contributed by atoms with van der Waals surface area (Å²) >= 11 is 5.18. The molecule has 0 radical (unpaired) electrons. The molecule has 0 saturated heterocycles. The summed E-state index contributed by atoms with van der Waals surface area (Å²) < 4.78 is 11.1. The summed E-state index contributed by atoms with van der Waals surface area (Å²) in [6.07, 6.45) is 0. The van der Waals surface area contributed by atoms with Gasteiger partial charge in [0.1, 0.15) is 5.52 Å². The molecule has 1 aromatic heterocycles. The van der Waals surface area contributed by atoms with E-state index in [1.165, 1.54) is 0 Å². The predicted molar refractivity (Wildman–Crippen MR) is 79.9 cm³/mol. The van der Waals surface area contributed by atoms with Crippen LogP contribution in [-0.4, -0.2) is 36.3 Å². The summed E-state index contributed by atoms with van der Waals surface area (Å²) in [7, 11) is 5.26. The number of methoxy groups -OCH3 is 1. The maximum atomic E-state index is 5.74. The number of nitrogens with zero attached hydrogens (tertiary/aromatic N) is 2. The van der Waals surface area contributed by atoms with Crippen LogP contribution in [0.25, 0.3) is 10.9 Å². The summed E-state index contributed by atoms with van der Waals surface area (Å²) in [6, 6.07) is 7.77. The van der Waals surface area contributed by atoms with Crippen LogP contribution in [0.2, 0.25) is 0 Å². The Morgan fingerprint density at radius 1 is 1.21 bits per heavy atom. The molecular formula is C14H16N2O2S. The number of hydrogen-bond acceptors (Lipinski definition) is 4. The Morgan fingerprint density at radius 3 is 2.53 bits per heavy atom. The maximum Gasteiger partial charge on any atom is 0.264 e. The summed E-state index contributed by atoms with van der Waals surface area (Å²) in [5.41, 5.74) is 1.67. The van der Waals surface area contributed by atoms with Crippen molar-refractivity contribution in [1.82, 2.24) is 9.88 Å². The largest absolute Gasteiger partial charge is 0.493 e. The van der Waals surface area contributed by atoms with E-state index in [0.29, 0.717) is 16.7 Å². The second kappa shape index (κ2) is 5.40. The van der Waals surface area contributed by atoms with Crippen LogP contribution >= 0.6 is 12.2 Å². The third kappa shape index (κ3) is 2.76. The van der Waals surface area contributed by atoms with Crippen molar-refractivity contribution in [3.63, 3.8) is 0 Å². The van der Waals surface area contributed by atoms with E-state index in [9.17, 15) is 0 Å². The number of thiocarbonyl (C=S) groups is 1. The van der Waals surface area contributed by atoms with Crippen LogP contribution < -0.4 is 9.47 Å². The lowest BCUT2D eigenvalue weighted by atomic mass is 10.2. The van der Waals surface area contributed by atoms with Gasteiger partial charge in [-0.2, -0.15) is 0 Å². The fraction of sp³-hybridized carbons (Fsp3) is 0.286. The molecule has 0 spiro atoms. The van der Waals surface area contributed by atoms with Crippen molar-refractivity contribution in [2.45, 2.75) is 6.92 Å². The number of benzene rings is 1. The first-order valence-electron chi connectivity index (χ1n) is 5.86. The fourth-order valence-electron chi connectivity index (χ4n) is 1.68. The van der Waals surface area contributed by atoms with Gasteiger partial charge < -0.3 is 14.4 Å². The molecule has 0 aliphatic heterocycles. The number of aryl methyl sites for hydroxylation is 1. The zero-order chi connectivity index (χ0) is 14.0. The van der Waals surface area contributed by atoms with E-state index in [2.05, 4.69) is 4.98 Å². The number of aromatic nitrogens is 1. The number of ether oxygens (including phenoxy) is 2. The highest BCUT2D eigenvalue weighted by Crippen LogP contribution is 2.34. The Labute approximate surface area is 118 Å². The van der Waals surface area contributed by atoms with E-state index in [-0.39, 0.29) is 0 Å². The van der Waals surface area contributed by atoms with Gasteiger partial charge in [0, 0.05) is 25.2 Å². The molecule has 1 heterocycles. The van der Waals surface area contributed by atoms with Gasteiger partial charge in [-0.3, -0.25) is 0 Å². The first-order valence-corrected chi connectivity index (χ1v) is 6.27. The van der Waals surface area contributed by atoms with E-state index < -0.39 is 0 Å². The molecular weight excluding hydrogens is 260 g/mol. The lowest BCUT2D eigenvalue weighted by Crippen LogP contribution is -2.25. The fourth-order valence-corrected chi connectivity index (χ4v) is 1.76. The summed E-state index contributed by atoms with van der Waals surface area (Å²) in [5.74, 6) is 1.18. The van der Waals surface area contributed by atoms with Crippen LogP contribution in [0.4, 0.5) is 0 Å². The van der Waals surface area contributed by atoms with Crippen LogP contribution in [0, 0.1) is 6.92 Å². The van der Waals surface area contributed by atoms with Crippen molar-refractivity contribution in [2.24, 2.45) is 0 Å². The van der Waals surface area contributed by atoms with E-state index in [1.807, 2.05) is 45.3 Å². The first-order chi connectivity index (χ1) is 9.02. The van der Waals surface area contributed by atoms with E-state index in [1.54, 1.807) is 12.0 Å². The van der Waals surface area contributed by atoms with Gasteiger partial charge in [0.2, 0.25) is 0 Å². The molecule has 0 aliphatic rings. The maximum absolute atomic E-state index is 5.74. The minimum absolute atomic E-state index is 0.370. The van der Waals surface area contributed by atoms with E-state index in [4.69, 9.17) is 21.7 Å². The average Bonchev–Trinajstić information content (AvgIpc) is 2.39. The molecule has 2 rings (SSSR count). The topological polar surface area (TPSA) is 34.6 Å².